The molecule has 1 spiro atoms. The molecule has 6 heteroatoms. The molecule has 0 radical (unpaired) electrons. The van der Waals surface area contributed by atoms with Crippen LogP contribution >= 0.6 is 11.3 Å². The van der Waals surface area contributed by atoms with E-state index in [9.17, 15) is 0 Å². The zero-order valence-corrected chi connectivity index (χ0v) is 15.3. The van der Waals surface area contributed by atoms with Gasteiger partial charge in [0.15, 0.2) is 0 Å². The Morgan fingerprint density at radius 3 is 2.60 bits per heavy atom. The number of rotatable bonds is 5. The summed E-state index contributed by atoms with van der Waals surface area (Å²) in [4.78, 5) is 4.97. The number of hydrogen-bond acceptors (Lipinski definition) is 6. The monoisotopic (exact) mass is 362 g/mol. The lowest BCUT2D eigenvalue weighted by molar-refractivity contribution is -0.139. The number of aliphatic hydroxyl groups is 1. The summed E-state index contributed by atoms with van der Waals surface area (Å²) in [5, 5.41) is 13.5. The normalized spacial score (nSPS) is 21.8. The second kappa shape index (κ2) is 7.60. The van der Waals surface area contributed by atoms with E-state index in [1.54, 1.807) is 11.3 Å². The number of thiophene rings is 1. The minimum atomic E-state index is -0.0347. The number of piperidine rings is 1. The molecule has 2 aliphatic heterocycles. The molecule has 0 bridgehead atoms. The van der Waals surface area contributed by atoms with Crippen molar-refractivity contribution in [3.63, 3.8) is 0 Å². The number of furan rings is 1. The van der Waals surface area contributed by atoms with Crippen molar-refractivity contribution in [1.29, 1.82) is 0 Å². The van der Waals surface area contributed by atoms with Gasteiger partial charge >= 0.3 is 0 Å². The van der Waals surface area contributed by atoms with Crippen LogP contribution in [0.2, 0.25) is 0 Å². The summed E-state index contributed by atoms with van der Waals surface area (Å²) < 4.78 is 11.9. The highest BCUT2D eigenvalue weighted by molar-refractivity contribution is 7.07. The molecule has 2 saturated heterocycles. The van der Waals surface area contributed by atoms with Gasteiger partial charge in [-0.1, -0.05) is 0 Å². The molecule has 25 heavy (non-hydrogen) atoms. The van der Waals surface area contributed by atoms with Crippen LogP contribution in [0.4, 0.5) is 0 Å². The van der Waals surface area contributed by atoms with Crippen molar-refractivity contribution in [2.24, 2.45) is 0 Å². The van der Waals surface area contributed by atoms with Crippen molar-refractivity contribution in [3.8, 4) is 0 Å². The molecular weight excluding hydrogens is 336 g/mol. The van der Waals surface area contributed by atoms with Gasteiger partial charge in [-0.2, -0.15) is 11.3 Å². The number of nitrogens with zero attached hydrogens (tertiary/aromatic N) is 2. The lowest BCUT2D eigenvalue weighted by Gasteiger charge is -2.47. The first kappa shape index (κ1) is 17.2. The molecule has 2 aromatic heterocycles. The fraction of sp³-hybridized carbons (Fsp3) is 0.579. The van der Waals surface area contributed by atoms with E-state index in [-0.39, 0.29) is 12.2 Å². The number of aliphatic hydroxyl groups excluding tert-OH is 1. The van der Waals surface area contributed by atoms with Gasteiger partial charge in [0.2, 0.25) is 0 Å². The molecule has 136 valence electrons. The molecule has 2 fully saturated rings. The summed E-state index contributed by atoms with van der Waals surface area (Å²) in [6, 6.07) is 6.05. The number of hydrogen-bond donors (Lipinski definition) is 1. The topological polar surface area (TPSA) is 49.1 Å². The zero-order valence-electron chi connectivity index (χ0n) is 14.5. The third-order valence-corrected chi connectivity index (χ3v) is 6.07. The van der Waals surface area contributed by atoms with Crippen LogP contribution in [0.5, 0.6) is 0 Å². The van der Waals surface area contributed by atoms with Crippen LogP contribution in [0.3, 0.4) is 0 Å². The Labute approximate surface area is 152 Å². The molecule has 5 nitrogen and oxygen atoms in total. The van der Waals surface area contributed by atoms with Crippen molar-refractivity contribution in [1.82, 2.24) is 9.80 Å². The van der Waals surface area contributed by atoms with E-state index in [0.29, 0.717) is 5.76 Å². The number of ether oxygens (including phenoxy) is 1. The van der Waals surface area contributed by atoms with Gasteiger partial charge in [-0.3, -0.25) is 9.80 Å². The standard InChI is InChI=1S/C19H26N2O3S/c22-13-18-2-1-17(24-18)12-21-8-9-23-19(15-21)4-6-20(7-5-19)11-16-3-10-25-14-16/h1-3,10,14,22H,4-9,11-13,15H2. The molecule has 4 rings (SSSR count). The van der Waals surface area contributed by atoms with Crippen molar-refractivity contribution < 1.29 is 14.3 Å². The van der Waals surface area contributed by atoms with E-state index in [0.717, 1.165) is 64.5 Å². The van der Waals surface area contributed by atoms with Crippen molar-refractivity contribution >= 4 is 11.3 Å². The van der Waals surface area contributed by atoms with Crippen LogP contribution in [0.1, 0.15) is 29.9 Å². The van der Waals surface area contributed by atoms with Crippen LogP contribution in [-0.2, 0) is 24.4 Å². The fourth-order valence-corrected chi connectivity index (χ4v) is 4.59. The van der Waals surface area contributed by atoms with Crippen LogP contribution in [0.15, 0.2) is 33.4 Å². The minimum absolute atomic E-state index is 0.00417. The van der Waals surface area contributed by atoms with Gasteiger partial charge in [-0.15, -0.1) is 0 Å². The summed E-state index contributed by atoms with van der Waals surface area (Å²) in [5.41, 5.74) is 1.42. The van der Waals surface area contributed by atoms with E-state index in [4.69, 9.17) is 14.3 Å². The predicted molar refractivity (Wildman–Crippen MR) is 97.4 cm³/mol. The average Bonchev–Trinajstić information content (AvgIpc) is 3.29. The summed E-state index contributed by atoms with van der Waals surface area (Å²) in [6.07, 6.45) is 2.18. The molecule has 0 saturated carbocycles. The maximum Gasteiger partial charge on any atom is 0.129 e. The maximum atomic E-state index is 9.14. The van der Waals surface area contributed by atoms with Gasteiger partial charge in [-0.05, 0) is 47.4 Å². The molecule has 1 N–H and O–H groups in total. The van der Waals surface area contributed by atoms with Crippen LogP contribution in [0, 0.1) is 0 Å². The first-order chi connectivity index (χ1) is 12.2. The van der Waals surface area contributed by atoms with E-state index in [2.05, 4.69) is 26.6 Å². The summed E-state index contributed by atoms with van der Waals surface area (Å²) >= 11 is 1.77. The van der Waals surface area contributed by atoms with E-state index < -0.39 is 0 Å². The summed E-state index contributed by atoms with van der Waals surface area (Å²) in [6.45, 7) is 6.70. The molecule has 0 aliphatic carbocycles. The molecule has 0 aromatic carbocycles. The Morgan fingerprint density at radius 1 is 1.04 bits per heavy atom. The number of morpholine rings is 1. The lowest BCUT2D eigenvalue weighted by atomic mass is 9.89. The Kier molecular flexibility index (Phi) is 5.24. The Bertz CT molecular complexity index is 662. The average molecular weight is 362 g/mol. The molecule has 4 heterocycles. The smallest absolute Gasteiger partial charge is 0.129 e. The largest absolute Gasteiger partial charge is 0.462 e. The predicted octanol–water partition coefficient (Wildman–Crippen LogP) is 2.70. The van der Waals surface area contributed by atoms with Crippen LogP contribution in [0.25, 0.3) is 0 Å². The van der Waals surface area contributed by atoms with Crippen LogP contribution in [-0.4, -0.2) is 53.3 Å². The lowest BCUT2D eigenvalue weighted by Crippen LogP contribution is -2.56. The van der Waals surface area contributed by atoms with E-state index in [1.165, 1.54) is 5.56 Å². The number of likely N-dealkylation sites (tertiary alicyclic amines) is 1. The van der Waals surface area contributed by atoms with Crippen molar-refractivity contribution in [2.75, 3.05) is 32.8 Å². The Hall–Kier alpha value is -1.18. The van der Waals surface area contributed by atoms with Gasteiger partial charge < -0.3 is 14.3 Å². The quantitative estimate of drug-likeness (QED) is 0.886. The van der Waals surface area contributed by atoms with Gasteiger partial charge in [0.1, 0.15) is 18.1 Å². The second-order valence-corrected chi connectivity index (χ2v) is 7.96. The Morgan fingerprint density at radius 2 is 1.88 bits per heavy atom. The Balaban J connectivity index is 1.31. The first-order valence-corrected chi connectivity index (χ1v) is 9.97. The minimum Gasteiger partial charge on any atom is -0.462 e. The molecular formula is C19H26N2O3S. The molecule has 0 amide bonds. The third-order valence-electron chi connectivity index (χ3n) is 5.33. The van der Waals surface area contributed by atoms with Gasteiger partial charge in [0.25, 0.3) is 0 Å². The van der Waals surface area contributed by atoms with Crippen LogP contribution < -0.4 is 0 Å². The summed E-state index contributed by atoms with van der Waals surface area (Å²) in [5.74, 6) is 1.57. The molecule has 2 aliphatic rings. The highest BCUT2D eigenvalue weighted by atomic mass is 32.1. The summed E-state index contributed by atoms with van der Waals surface area (Å²) in [7, 11) is 0. The van der Waals surface area contributed by atoms with Crippen molar-refractivity contribution in [3.05, 3.63) is 46.0 Å². The molecule has 2 aromatic rings. The van der Waals surface area contributed by atoms with E-state index >= 15 is 0 Å². The van der Waals surface area contributed by atoms with Gasteiger partial charge in [0.05, 0.1) is 18.8 Å². The SMILES string of the molecule is OCc1ccc(CN2CCOC3(CCN(Cc4ccsc4)CC3)C2)o1. The fourth-order valence-electron chi connectivity index (χ4n) is 3.93. The first-order valence-electron chi connectivity index (χ1n) is 9.03. The highest BCUT2D eigenvalue weighted by Gasteiger charge is 2.39. The zero-order chi connectivity index (χ0) is 17.1. The molecule has 0 atom stereocenters. The molecule has 0 unspecified atom stereocenters. The highest BCUT2D eigenvalue weighted by Crippen LogP contribution is 2.31. The maximum absolute atomic E-state index is 9.14. The van der Waals surface area contributed by atoms with Gasteiger partial charge in [-0.25, -0.2) is 0 Å². The van der Waals surface area contributed by atoms with E-state index in [1.807, 2.05) is 12.1 Å². The second-order valence-electron chi connectivity index (χ2n) is 7.18. The third kappa shape index (κ3) is 4.15. The van der Waals surface area contributed by atoms with Gasteiger partial charge in [0, 0.05) is 32.7 Å². The van der Waals surface area contributed by atoms with Crippen molar-refractivity contribution in [2.45, 2.75) is 38.1 Å².